The topological polar surface area (TPSA) is 30.5 Å². The Morgan fingerprint density at radius 1 is 1.12 bits per heavy atom. The van der Waals surface area contributed by atoms with Crippen LogP contribution in [0.1, 0.15) is 52.4 Å². The van der Waals surface area contributed by atoms with Crippen molar-refractivity contribution in [3.8, 4) is 0 Å². The summed E-state index contributed by atoms with van der Waals surface area (Å²) in [6.07, 6.45) is 8.85. The van der Waals surface area contributed by atoms with Crippen LogP contribution in [-0.2, 0) is 9.47 Å². The van der Waals surface area contributed by atoms with Crippen molar-refractivity contribution >= 4 is 0 Å². The minimum atomic E-state index is 0.395. The van der Waals surface area contributed by atoms with Crippen LogP contribution < -0.4 is 5.32 Å². The Bertz CT molecular complexity index is 206. The predicted octanol–water partition coefficient (Wildman–Crippen LogP) is 2.49. The zero-order chi connectivity index (χ0) is 12.1. The monoisotopic (exact) mass is 241 g/mol. The fourth-order valence-corrected chi connectivity index (χ4v) is 3.12. The SMILES string of the molecule is CC1CC(NCCOC2CCCC2)CC(C)O1. The van der Waals surface area contributed by atoms with E-state index in [1.165, 1.54) is 25.7 Å². The van der Waals surface area contributed by atoms with Crippen LogP contribution in [0.15, 0.2) is 0 Å². The summed E-state index contributed by atoms with van der Waals surface area (Å²) >= 11 is 0. The zero-order valence-corrected chi connectivity index (χ0v) is 11.3. The van der Waals surface area contributed by atoms with E-state index in [9.17, 15) is 0 Å². The van der Waals surface area contributed by atoms with Crippen molar-refractivity contribution in [2.75, 3.05) is 13.2 Å². The van der Waals surface area contributed by atoms with E-state index in [-0.39, 0.29) is 0 Å². The molecule has 2 unspecified atom stereocenters. The van der Waals surface area contributed by atoms with Gasteiger partial charge in [0.15, 0.2) is 0 Å². The second-order valence-electron chi connectivity index (χ2n) is 5.66. The van der Waals surface area contributed by atoms with Crippen LogP contribution in [0, 0.1) is 0 Å². The molecule has 2 aliphatic rings. The van der Waals surface area contributed by atoms with Crippen LogP contribution in [0.3, 0.4) is 0 Å². The number of ether oxygens (including phenoxy) is 2. The first kappa shape index (κ1) is 13.3. The lowest BCUT2D eigenvalue weighted by molar-refractivity contribution is -0.0434. The van der Waals surface area contributed by atoms with Crippen molar-refractivity contribution in [3.05, 3.63) is 0 Å². The van der Waals surface area contributed by atoms with E-state index in [1.54, 1.807) is 0 Å². The number of hydrogen-bond acceptors (Lipinski definition) is 3. The predicted molar refractivity (Wildman–Crippen MR) is 69.2 cm³/mol. The minimum Gasteiger partial charge on any atom is -0.377 e. The Labute approximate surface area is 105 Å². The summed E-state index contributed by atoms with van der Waals surface area (Å²) in [5.41, 5.74) is 0. The van der Waals surface area contributed by atoms with Crippen LogP contribution in [0.4, 0.5) is 0 Å². The fourth-order valence-electron chi connectivity index (χ4n) is 3.12. The largest absolute Gasteiger partial charge is 0.377 e. The van der Waals surface area contributed by atoms with Gasteiger partial charge in [-0.25, -0.2) is 0 Å². The summed E-state index contributed by atoms with van der Waals surface area (Å²) in [7, 11) is 0. The van der Waals surface area contributed by atoms with Gasteiger partial charge in [0.05, 0.1) is 24.9 Å². The third-order valence-corrected chi connectivity index (χ3v) is 3.89. The van der Waals surface area contributed by atoms with Gasteiger partial charge in [-0.2, -0.15) is 0 Å². The van der Waals surface area contributed by atoms with Gasteiger partial charge in [-0.05, 0) is 39.5 Å². The quantitative estimate of drug-likeness (QED) is 0.750. The summed E-state index contributed by atoms with van der Waals surface area (Å²) in [5.74, 6) is 0. The number of hydrogen-bond donors (Lipinski definition) is 1. The average molecular weight is 241 g/mol. The molecular formula is C14H27NO2. The summed E-state index contributed by atoms with van der Waals surface area (Å²) < 4.78 is 11.6. The third-order valence-electron chi connectivity index (χ3n) is 3.89. The van der Waals surface area contributed by atoms with E-state index in [4.69, 9.17) is 9.47 Å². The summed E-state index contributed by atoms with van der Waals surface area (Å²) in [4.78, 5) is 0. The maximum absolute atomic E-state index is 5.85. The molecule has 1 aliphatic heterocycles. The van der Waals surface area contributed by atoms with Crippen LogP contribution in [0.2, 0.25) is 0 Å². The van der Waals surface area contributed by atoms with Crippen molar-refractivity contribution in [2.24, 2.45) is 0 Å². The molecule has 0 spiro atoms. The Morgan fingerprint density at radius 2 is 1.76 bits per heavy atom. The molecule has 0 radical (unpaired) electrons. The molecule has 2 fully saturated rings. The molecule has 1 N–H and O–H groups in total. The maximum atomic E-state index is 5.85. The first-order chi connectivity index (χ1) is 8.24. The Hall–Kier alpha value is -0.120. The van der Waals surface area contributed by atoms with Gasteiger partial charge in [0, 0.05) is 12.6 Å². The van der Waals surface area contributed by atoms with E-state index in [1.807, 2.05) is 0 Å². The lowest BCUT2D eigenvalue weighted by Gasteiger charge is -2.32. The second kappa shape index (κ2) is 6.72. The van der Waals surface area contributed by atoms with Gasteiger partial charge in [-0.1, -0.05) is 12.8 Å². The molecule has 0 aromatic carbocycles. The van der Waals surface area contributed by atoms with Gasteiger partial charge >= 0.3 is 0 Å². The standard InChI is InChI=1S/C14H27NO2/c1-11-9-13(10-12(2)17-11)15-7-8-16-14-5-3-4-6-14/h11-15H,3-10H2,1-2H3. The highest BCUT2D eigenvalue weighted by Crippen LogP contribution is 2.21. The van der Waals surface area contributed by atoms with Crippen LogP contribution in [0.5, 0.6) is 0 Å². The smallest absolute Gasteiger partial charge is 0.0594 e. The minimum absolute atomic E-state index is 0.395. The zero-order valence-electron chi connectivity index (χ0n) is 11.3. The molecule has 17 heavy (non-hydrogen) atoms. The lowest BCUT2D eigenvalue weighted by atomic mass is 10.00. The highest BCUT2D eigenvalue weighted by atomic mass is 16.5. The molecule has 2 rings (SSSR count). The molecule has 0 aromatic heterocycles. The molecule has 0 bridgehead atoms. The van der Waals surface area contributed by atoms with Crippen LogP contribution in [0.25, 0.3) is 0 Å². The van der Waals surface area contributed by atoms with Crippen molar-refractivity contribution in [1.29, 1.82) is 0 Å². The van der Waals surface area contributed by atoms with Crippen molar-refractivity contribution in [2.45, 2.75) is 76.7 Å². The van der Waals surface area contributed by atoms with Crippen molar-refractivity contribution < 1.29 is 9.47 Å². The first-order valence-corrected chi connectivity index (χ1v) is 7.24. The van der Waals surface area contributed by atoms with E-state index >= 15 is 0 Å². The van der Waals surface area contributed by atoms with Gasteiger partial charge < -0.3 is 14.8 Å². The number of nitrogens with one attached hydrogen (secondary N) is 1. The van der Waals surface area contributed by atoms with Crippen molar-refractivity contribution in [3.63, 3.8) is 0 Å². The van der Waals surface area contributed by atoms with Gasteiger partial charge in [-0.15, -0.1) is 0 Å². The maximum Gasteiger partial charge on any atom is 0.0594 e. The Morgan fingerprint density at radius 3 is 2.41 bits per heavy atom. The van der Waals surface area contributed by atoms with Gasteiger partial charge in [0.1, 0.15) is 0 Å². The molecule has 1 heterocycles. The third kappa shape index (κ3) is 4.57. The molecule has 0 amide bonds. The van der Waals surface area contributed by atoms with E-state index in [0.29, 0.717) is 24.4 Å². The van der Waals surface area contributed by atoms with Gasteiger partial charge in [0.25, 0.3) is 0 Å². The number of rotatable bonds is 5. The van der Waals surface area contributed by atoms with E-state index < -0.39 is 0 Å². The highest BCUT2D eigenvalue weighted by molar-refractivity contribution is 4.78. The molecule has 100 valence electrons. The molecule has 2 atom stereocenters. The normalized spacial score (nSPS) is 35.3. The van der Waals surface area contributed by atoms with E-state index in [0.717, 1.165) is 26.0 Å². The van der Waals surface area contributed by atoms with Gasteiger partial charge in [-0.3, -0.25) is 0 Å². The van der Waals surface area contributed by atoms with E-state index in [2.05, 4.69) is 19.2 Å². The lowest BCUT2D eigenvalue weighted by Crippen LogP contribution is -2.42. The molecule has 0 aromatic rings. The average Bonchev–Trinajstić information content (AvgIpc) is 2.76. The summed E-state index contributed by atoms with van der Waals surface area (Å²) in [5, 5.41) is 3.60. The Balaban J connectivity index is 1.54. The fraction of sp³-hybridized carbons (Fsp3) is 1.00. The molecule has 3 heteroatoms. The molecule has 3 nitrogen and oxygen atoms in total. The molecule has 1 saturated heterocycles. The van der Waals surface area contributed by atoms with Crippen LogP contribution >= 0.6 is 0 Å². The highest BCUT2D eigenvalue weighted by Gasteiger charge is 2.23. The summed E-state index contributed by atoms with van der Waals surface area (Å²) in [6.45, 7) is 6.18. The Kier molecular flexibility index (Phi) is 5.26. The first-order valence-electron chi connectivity index (χ1n) is 7.24. The van der Waals surface area contributed by atoms with Crippen LogP contribution in [-0.4, -0.2) is 37.5 Å². The van der Waals surface area contributed by atoms with Crippen molar-refractivity contribution in [1.82, 2.24) is 5.32 Å². The molecule has 1 saturated carbocycles. The second-order valence-corrected chi connectivity index (χ2v) is 5.66. The molecular weight excluding hydrogens is 214 g/mol. The van der Waals surface area contributed by atoms with Gasteiger partial charge in [0.2, 0.25) is 0 Å². The summed E-state index contributed by atoms with van der Waals surface area (Å²) in [6, 6.07) is 0.612. The molecule has 1 aliphatic carbocycles.